The fourth-order valence-electron chi connectivity index (χ4n) is 2.24. The summed E-state index contributed by atoms with van der Waals surface area (Å²) in [5.41, 5.74) is 0. The number of nitrogens with one attached hydrogen (secondary N) is 1. The van der Waals surface area contributed by atoms with Gasteiger partial charge in [0.15, 0.2) is 0 Å². The molecule has 1 amide bonds. The Hall–Kier alpha value is -0.570. The molecule has 0 aromatic heterocycles. The van der Waals surface area contributed by atoms with Crippen LogP contribution in [0.3, 0.4) is 0 Å². The van der Waals surface area contributed by atoms with Gasteiger partial charge >= 0.3 is 0 Å². The fourth-order valence-corrected chi connectivity index (χ4v) is 2.24. The maximum absolute atomic E-state index is 12.0. The van der Waals surface area contributed by atoms with Gasteiger partial charge in [-0.3, -0.25) is 4.79 Å². The zero-order valence-electron chi connectivity index (χ0n) is 14.0. The largest absolute Gasteiger partial charge is 0.343 e. The normalized spacial score (nSPS) is 10.8. The third-order valence-electron chi connectivity index (χ3n) is 3.59. The summed E-state index contributed by atoms with van der Waals surface area (Å²) in [5, 5.41) is 3.47. The average molecular weight is 284 g/mol. The average Bonchev–Trinajstić information content (AvgIpc) is 2.45. The molecule has 0 atom stereocenters. The molecule has 0 saturated carbocycles. The van der Waals surface area contributed by atoms with Crippen LogP contribution in [0.4, 0.5) is 0 Å². The van der Waals surface area contributed by atoms with E-state index in [0.29, 0.717) is 12.3 Å². The van der Waals surface area contributed by atoms with Crippen molar-refractivity contribution < 1.29 is 4.79 Å². The fraction of sp³-hybridized carbons (Fsp3) is 0.941. The topological polar surface area (TPSA) is 32.3 Å². The number of nitrogens with zero attached hydrogens (tertiary/aromatic N) is 1. The van der Waals surface area contributed by atoms with Crippen molar-refractivity contribution in [2.45, 2.75) is 78.6 Å². The molecule has 0 heterocycles. The summed E-state index contributed by atoms with van der Waals surface area (Å²) in [7, 11) is 0. The third kappa shape index (κ3) is 11.3. The van der Waals surface area contributed by atoms with Crippen molar-refractivity contribution in [3.8, 4) is 0 Å². The molecule has 20 heavy (non-hydrogen) atoms. The van der Waals surface area contributed by atoms with Crippen molar-refractivity contribution >= 4 is 5.91 Å². The van der Waals surface area contributed by atoms with Gasteiger partial charge in [-0.05, 0) is 45.2 Å². The van der Waals surface area contributed by atoms with Crippen molar-refractivity contribution in [2.24, 2.45) is 0 Å². The molecule has 0 radical (unpaired) electrons. The highest BCUT2D eigenvalue weighted by Gasteiger charge is 2.10. The number of carbonyl (C=O) groups excluding carboxylic acids is 1. The number of hydrogen-bond donors (Lipinski definition) is 1. The summed E-state index contributed by atoms with van der Waals surface area (Å²) in [6.07, 6.45) is 10.1. The molecule has 0 rings (SSSR count). The van der Waals surface area contributed by atoms with E-state index in [4.69, 9.17) is 0 Å². The number of carbonyl (C=O) groups is 1. The van der Waals surface area contributed by atoms with Crippen molar-refractivity contribution in [1.29, 1.82) is 0 Å². The monoisotopic (exact) mass is 284 g/mol. The Balaban J connectivity index is 3.65. The zero-order chi connectivity index (χ0) is 15.1. The van der Waals surface area contributed by atoms with Crippen LogP contribution in [0, 0.1) is 0 Å². The Morgan fingerprint density at radius 2 is 1.45 bits per heavy atom. The molecule has 0 aliphatic rings. The van der Waals surface area contributed by atoms with Crippen LogP contribution >= 0.6 is 0 Å². The SMILES string of the molecule is CCCCNCCCCCN(CCCC)C(=O)CCC. The molecule has 0 saturated heterocycles. The second-order valence-electron chi connectivity index (χ2n) is 5.65. The molecule has 3 heteroatoms. The van der Waals surface area contributed by atoms with Crippen LogP contribution in [-0.2, 0) is 4.79 Å². The molecule has 1 N–H and O–H groups in total. The van der Waals surface area contributed by atoms with Crippen molar-refractivity contribution in [3.05, 3.63) is 0 Å². The Labute approximate surface area is 126 Å². The lowest BCUT2D eigenvalue weighted by Gasteiger charge is -2.22. The second kappa shape index (κ2) is 14.8. The minimum atomic E-state index is 0.349. The van der Waals surface area contributed by atoms with Gasteiger partial charge < -0.3 is 10.2 Å². The van der Waals surface area contributed by atoms with E-state index in [2.05, 4.69) is 31.0 Å². The maximum atomic E-state index is 12.0. The third-order valence-corrected chi connectivity index (χ3v) is 3.59. The number of amides is 1. The van der Waals surface area contributed by atoms with Gasteiger partial charge in [0, 0.05) is 19.5 Å². The molecule has 0 aromatic carbocycles. The molecular formula is C17H36N2O. The molecule has 0 fully saturated rings. The molecule has 0 aliphatic carbocycles. The summed E-state index contributed by atoms with van der Waals surface area (Å²) in [6, 6.07) is 0. The standard InChI is InChI=1S/C17H36N2O/c1-4-7-13-18-14-10-9-11-16-19(15-8-5-2)17(20)12-6-3/h18H,4-16H2,1-3H3. The highest BCUT2D eigenvalue weighted by atomic mass is 16.2. The molecule has 0 spiro atoms. The van der Waals surface area contributed by atoms with Crippen LogP contribution in [0.5, 0.6) is 0 Å². The minimum Gasteiger partial charge on any atom is -0.343 e. The predicted octanol–water partition coefficient (Wildman–Crippen LogP) is 3.98. The Kier molecular flexibility index (Phi) is 14.4. The lowest BCUT2D eigenvalue weighted by molar-refractivity contribution is -0.131. The van der Waals surface area contributed by atoms with Crippen LogP contribution in [0.15, 0.2) is 0 Å². The van der Waals surface area contributed by atoms with E-state index >= 15 is 0 Å². The highest BCUT2D eigenvalue weighted by molar-refractivity contribution is 5.76. The van der Waals surface area contributed by atoms with Gasteiger partial charge in [-0.2, -0.15) is 0 Å². The van der Waals surface area contributed by atoms with Crippen LogP contribution in [0.1, 0.15) is 78.6 Å². The first kappa shape index (κ1) is 19.4. The van der Waals surface area contributed by atoms with Crippen molar-refractivity contribution in [1.82, 2.24) is 10.2 Å². The summed E-state index contributed by atoms with van der Waals surface area (Å²) in [6.45, 7) is 10.7. The molecule has 0 unspecified atom stereocenters. The Morgan fingerprint density at radius 1 is 0.800 bits per heavy atom. The van der Waals surface area contributed by atoms with Gasteiger partial charge in [-0.15, -0.1) is 0 Å². The van der Waals surface area contributed by atoms with Crippen LogP contribution < -0.4 is 5.32 Å². The first-order valence-electron chi connectivity index (χ1n) is 8.74. The van der Waals surface area contributed by atoms with Crippen LogP contribution in [0.2, 0.25) is 0 Å². The predicted molar refractivity (Wildman–Crippen MR) is 88.0 cm³/mol. The smallest absolute Gasteiger partial charge is 0.222 e. The summed E-state index contributed by atoms with van der Waals surface area (Å²) < 4.78 is 0. The van der Waals surface area contributed by atoms with E-state index in [1.165, 1.54) is 25.7 Å². The maximum Gasteiger partial charge on any atom is 0.222 e. The minimum absolute atomic E-state index is 0.349. The zero-order valence-corrected chi connectivity index (χ0v) is 14.0. The molecule has 0 bridgehead atoms. The van der Waals surface area contributed by atoms with Gasteiger partial charge in [0.05, 0.1) is 0 Å². The van der Waals surface area contributed by atoms with E-state index < -0.39 is 0 Å². The number of rotatable bonds is 14. The molecule has 120 valence electrons. The Morgan fingerprint density at radius 3 is 2.10 bits per heavy atom. The lowest BCUT2D eigenvalue weighted by atomic mass is 10.2. The molecule has 0 aromatic rings. The van der Waals surface area contributed by atoms with Gasteiger partial charge in [0.2, 0.25) is 5.91 Å². The molecule has 0 aliphatic heterocycles. The summed E-state index contributed by atoms with van der Waals surface area (Å²) in [4.78, 5) is 14.1. The molecule has 3 nitrogen and oxygen atoms in total. The number of unbranched alkanes of at least 4 members (excludes halogenated alkanes) is 4. The second-order valence-corrected chi connectivity index (χ2v) is 5.65. The quantitative estimate of drug-likeness (QED) is 0.489. The van der Waals surface area contributed by atoms with Crippen LogP contribution in [-0.4, -0.2) is 37.0 Å². The summed E-state index contributed by atoms with van der Waals surface area (Å²) >= 11 is 0. The van der Waals surface area contributed by atoms with Gasteiger partial charge in [0.1, 0.15) is 0 Å². The van der Waals surface area contributed by atoms with E-state index in [9.17, 15) is 4.79 Å². The van der Waals surface area contributed by atoms with Gasteiger partial charge in [0.25, 0.3) is 0 Å². The van der Waals surface area contributed by atoms with Crippen LogP contribution in [0.25, 0.3) is 0 Å². The number of hydrogen-bond acceptors (Lipinski definition) is 2. The Bertz CT molecular complexity index is 219. The van der Waals surface area contributed by atoms with Crippen molar-refractivity contribution in [3.63, 3.8) is 0 Å². The van der Waals surface area contributed by atoms with E-state index in [-0.39, 0.29) is 0 Å². The van der Waals surface area contributed by atoms with Gasteiger partial charge in [-0.1, -0.05) is 40.0 Å². The first-order valence-corrected chi connectivity index (χ1v) is 8.74. The first-order chi connectivity index (χ1) is 9.76. The highest BCUT2D eigenvalue weighted by Crippen LogP contribution is 2.05. The van der Waals surface area contributed by atoms with E-state index in [1.54, 1.807) is 0 Å². The van der Waals surface area contributed by atoms with E-state index in [0.717, 1.165) is 51.9 Å². The molecular weight excluding hydrogens is 248 g/mol. The summed E-state index contributed by atoms with van der Waals surface area (Å²) in [5.74, 6) is 0.349. The van der Waals surface area contributed by atoms with Gasteiger partial charge in [-0.25, -0.2) is 0 Å². The van der Waals surface area contributed by atoms with Crippen molar-refractivity contribution in [2.75, 3.05) is 26.2 Å². The lowest BCUT2D eigenvalue weighted by Crippen LogP contribution is -2.32. The van der Waals surface area contributed by atoms with E-state index in [1.807, 2.05) is 0 Å².